The van der Waals surface area contributed by atoms with Gasteiger partial charge in [0.15, 0.2) is 5.78 Å². The molecular formula is C35H50IrNO2Si-. The topological polar surface area (TPSA) is 50.2 Å². The molecule has 1 N–H and O–H groups in total. The zero-order valence-electron chi connectivity index (χ0n) is 26.3. The van der Waals surface area contributed by atoms with E-state index in [2.05, 4.69) is 82.9 Å². The van der Waals surface area contributed by atoms with Crippen molar-refractivity contribution in [3.05, 3.63) is 71.6 Å². The molecule has 0 spiro atoms. The Labute approximate surface area is 258 Å². The average molecular weight is 737 g/mol. The summed E-state index contributed by atoms with van der Waals surface area (Å²) in [7, 11) is -1.39. The largest absolute Gasteiger partial charge is 0.512 e. The van der Waals surface area contributed by atoms with Gasteiger partial charge in [-0.3, -0.25) is 9.78 Å². The van der Waals surface area contributed by atoms with Crippen LogP contribution in [0.5, 0.6) is 0 Å². The van der Waals surface area contributed by atoms with Crippen LogP contribution in [0.3, 0.4) is 0 Å². The number of hydrogen-bond donors (Lipinski definition) is 1. The van der Waals surface area contributed by atoms with Gasteiger partial charge in [0.25, 0.3) is 0 Å². The molecule has 0 saturated heterocycles. The van der Waals surface area contributed by atoms with E-state index in [9.17, 15) is 9.90 Å². The number of carbonyl (C=O) groups is 1. The fourth-order valence-electron chi connectivity index (χ4n) is 5.13. The number of fused-ring (bicyclic) bond motifs is 1. The number of rotatable bonds is 10. The van der Waals surface area contributed by atoms with E-state index in [-0.39, 0.29) is 43.5 Å². The molecule has 5 heteroatoms. The zero-order valence-corrected chi connectivity index (χ0v) is 29.7. The summed E-state index contributed by atoms with van der Waals surface area (Å²) < 4.78 is 0. The SMILES string of the molecule is CCC(CC)C(=O)/C=C(\O)C(CC)CC.Cc1cnc(-c2[c-]c3ccccc3c(C(C)C)c2)cc1[Si](C)(C)C.[Ir]. The molecule has 40 heavy (non-hydrogen) atoms. The summed E-state index contributed by atoms with van der Waals surface area (Å²) in [5.41, 5.74) is 4.83. The third-order valence-electron chi connectivity index (χ3n) is 7.70. The monoisotopic (exact) mass is 737 g/mol. The first-order valence-electron chi connectivity index (χ1n) is 14.7. The Balaban J connectivity index is 0.000000437. The van der Waals surface area contributed by atoms with Gasteiger partial charge in [0.1, 0.15) is 0 Å². The number of aryl methyl sites for hydroxylation is 1. The van der Waals surface area contributed by atoms with Crippen LogP contribution in [0, 0.1) is 24.8 Å². The number of aliphatic hydroxyl groups excluding tert-OH is 1. The van der Waals surface area contributed by atoms with E-state index in [0.29, 0.717) is 5.92 Å². The number of aliphatic hydroxyl groups is 1. The van der Waals surface area contributed by atoms with Crippen LogP contribution in [0.15, 0.2) is 54.4 Å². The number of hydrogen-bond acceptors (Lipinski definition) is 3. The van der Waals surface area contributed by atoms with Crippen LogP contribution < -0.4 is 5.19 Å². The first-order valence-corrected chi connectivity index (χ1v) is 18.2. The van der Waals surface area contributed by atoms with Crippen LogP contribution in [0.25, 0.3) is 22.0 Å². The standard InChI is InChI=1S/C22H26NSi.C13H24O2.Ir/c1-15(2)20-12-18(11-17-9-7-8-10-19(17)20)21-13-22(24(4,5)6)16(3)14-23-21;1-5-10(6-2)12(14)9-13(15)11(7-3)8-4;/h7-10,12-15H,1-6H3;9-11,14H,5-8H2,1-4H3;/q-1;;/b;12-9-;. The third-order valence-corrected chi connectivity index (χ3v) is 9.85. The van der Waals surface area contributed by atoms with E-state index in [0.717, 1.165) is 36.9 Å². The maximum Gasteiger partial charge on any atom is 0.162 e. The summed E-state index contributed by atoms with van der Waals surface area (Å²) in [6, 6.07) is 16.7. The quantitative estimate of drug-likeness (QED) is 0.0977. The Morgan fingerprint density at radius 3 is 2.08 bits per heavy atom. The maximum atomic E-state index is 11.7. The third kappa shape index (κ3) is 9.50. The molecule has 0 aliphatic carbocycles. The van der Waals surface area contributed by atoms with Gasteiger partial charge in [-0.05, 0) is 44.1 Å². The summed E-state index contributed by atoms with van der Waals surface area (Å²) >= 11 is 0. The molecule has 3 nitrogen and oxygen atoms in total. The van der Waals surface area contributed by atoms with Gasteiger partial charge in [-0.25, -0.2) is 0 Å². The molecule has 3 rings (SSSR count). The number of nitrogens with zero attached hydrogens (tertiary/aromatic N) is 1. The number of carbonyl (C=O) groups excluding carboxylic acids is 1. The number of aromatic nitrogens is 1. The van der Waals surface area contributed by atoms with Gasteiger partial charge in [0, 0.05) is 49.9 Å². The van der Waals surface area contributed by atoms with Crippen molar-refractivity contribution < 1.29 is 30.0 Å². The minimum atomic E-state index is -1.39. The van der Waals surface area contributed by atoms with Crippen LogP contribution in [0.2, 0.25) is 19.6 Å². The van der Waals surface area contributed by atoms with Crippen molar-refractivity contribution in [1.29, 1.82) is 0 Å². The van der Waals surface area contributed by atoms with Crippen LogP contribution in [0.1, 0.15) is 84.3 Å². The summed E-state index contributed by atoms with van der Waals surface area (Å²) in [4.78, 5) is 16.4. The van der Waals surface area contributed by atoms with Gasteiger partial charge in [-0.15, -0.1) is 29.1 Å². The van der Waals surface area contributed by atoms with Crippen molar-refractivity contribution in [3.63, 3.8) is 0 Å². The molecule has 0 bridgehead atoms. The molecule has 3 aromatic rings. The molecule has 0 saturated carbocycles. The van der Waals surface area contributed by atoms with Crippen LogP contribution in [-0.2, 0) is 24.9 Å². The van der Waals surface area contributed by atoms with E-state index in [1.165, 1.54) is 33.2 Å². The first-order chi connectivity index (χ1) is 18.4. The van der Waals surface area contributed by atoms with Crippen LogP contribution in [-0.4, -0.2) is 23.9 Å². The Bertz CT molecular complexity index is 1270. The van der Waals surface area contributed by atoms with E-state index < -0.39 is 8.07 Å². The Morgan fingerprint density at radius 2 is 1.55 bits per heavy atom. The van der Waals surface area contributed by atoms with Gasteiger partial charge in [-0.2, -0.15) is 0 Å². The molecular weight excluding hydrogens is 687 g/mol. The summed E-state index contributed by atoms with van der Waals surface area (Å²) in [6.07, 6.45) is 6.93. The predicted octanol–water partition coefficient (Wildman–Crippen LogP) is 9.55. The second kappa shape index (κ2) is 16.4. The minimum absolute atomic E-state index is 0. The van der Waals surface area contributed by atoms with Crippen LogP contribution in [0.4, 0.5) is 0 Å². The second-order valence-corrected chi connectivity index (χ2v) is 17.0. The van der Waals surface area contributed by atoms with E-state index >= 15 is 0 Å². The Hall–Kier alpha value is -2.07. The van der Waals surface area contributed by atoms with Crippen molar-refractivity contribution in [1.82, 2.24) is 4.98 Å². The normalized spacial score (nSPS) is 12.0. The molecule has 0 aliphatic heterocycles. The number of ketones is 1. The maximum absolute atomic E-state index is 11.7. The molecule has 0 unspecified atom stereocenters. The molecule has 2 aromatic carbocycles. The van der Waals surface area contributed by atoms with Crippen molar-refractivity contribution >= 4 is 29.8 Å². The van der Waals surface area contributed by atoms with E-state index in [1.807, 2.05) is 33.9 Å². The van der Waals surface area contributed by atoms with E-state index in [1.54, 1.807) is 0 Å². The summed E-state index contributed by atoms with van der Waals surface area (Å²) in [6.45, 7) is 21.9. The van der Waals surface area contributed by atoms with Crippen molar-refractivity contribution in [3.8, 4) is 11.3 Å². The molecule has 0 aliphatic rings. The Morgan fingerprint density at radius 1 is 0.975 bits per heavy atom. The second-order valence-electron chi connectivity index (χ2n) is 12.0. The van der Waals surface area contributed by atoms with Gasteiger partial charge in [0.05, 0.1) is 13.8 Å². The number of pyridine rings is 1. The van der Waals surface area contributed by atoms with Gasteiger partial charge < -0.3 is 5.11 Å². The molecule has 1 heterocycles. The average Bonchev–Trinajstić information content (AvgIpc) is 2.89. The number of benzene rings is 2. The van der Waals surface area contributed by atoms with Gasteiger partial charge in [-0.1, -0.05) is 102 Å². The molecule has 0 amide bonds. The molecule has 0 fully saturated rings. The van der Waals surface area contributed by atoms with Gasteiger partial charge in [0.2, 0.25) is 0 Å². The first kappa shape index (κ1) is 36.0. The molecule has 221 valence electrons. The van der Waals surface area contributed by atoms with Crippen molar-refractivity contribution in [2.75, 3.05) is 0 Å². The molecule has 0 atom stereocenters. The summed E-state index contributed by atoms with van der Waals surface area (Å²) in [5.74, 6) is 1.02. The van der Waals surface area contributed by atoms with Crippen LogP contribution >= 0.6 is 0 Å². The van der Waals surface area contributed by atoms with Crippen molar-refractivity contribution in [2.45, 2.75) is 99.7 Å². The van der Waals surface area contributed by atoms with Gasteiger partial charge >= 0.3 is 0 Å². The zero-order chi connectivity index (χ0) is 29.3. The predicted molar refractivity (Wildman–Crippen MR) is 172 cm³/mol. The Kier molecular flexibility index (Phi) is 14.7. The van der Waals surface area contributed by atoms with E-state index in [4.69, 9.17) is 4.98 Å². The summed E-state index contributed by atoms with van der Waals surface area (Å²) in [5, 5.41) is 13.7. The fourth-order valence-corrected chi connectivity index (χ4v) is 6.95. The molecule has 1 aromatic heterocycles. The minimum Gasteiger partial charge on any atom is -0.512 e. The fraction of sp³-hybridized carbons (Fsp3) is 0.486. The molecule has 1 radical (unpaired) electrons. The smallest absolute Gasteiger partial charge is 0.162 e. The number of allylic oxidation sites excluding steroid dienone is 2. The van der Waals surface area contributed by atoms with Crippen molar-refractivity contribution in [2.24, 2.45) is 11.8 Å².